The Morgan fingerprint density at radius 1 is 1.06 bits per heavy atom. The lowest BCUT2D eigenvalue weighted by molar-refractivity contribution is -0.274. The van der Waals surface area contributed by atoms with Crippen LogP contribution in [0.15, 0.2) is 30.6 Å². The Hall–Kier alpha value is -3.44. The van der Waals surface area contributed by atoms with E-state index in [-0.39, 0.29) is 23.6 Å². The average molecular weight is 510 g/mol. The molecule has 2 aliphatic rings. The number of alkyl halides is 3. The van der Waals surface area contributed by atoms with Crippen molar-refractivity contribution >= 4 is 17.5 Å². The highest BCUT2D eigenvalue weighted by atomic mass is 19.4. The molecule has 2 N–H and O–H groups in total. The molecule has 0 radical (unpaired) electrons. The summed E-state index contributed by atoms with van der Waals surface area (Å²) < 4.78 is 52.7. The average Bonchev–Trinajstić information content (AvgIpc) is 2.85. The molecule has 2 aromatic rings. The van der Waals surface area contributed by atoms with Gasteiger partial charge in [-0.25, -0.2) is 14.8 Å². The third kappa shape index (κ3) is 7.28. The molecule has 36 heavy (non-hydrogen) atoms. The molecule has 0 atom stereocenters. The third-order valence-electron chi connectivity index (χ3n) is 6.26. The SMILES string of the molecule is COc1ccc(OC(F)(F)F)cc1NC(=O)NC1CCC(Oc2cc(N3CCCCC3)ncn2)CC1. The Kier molecular flexibility index (Phi) is 8.21. The van der Waals surface area contributed by atoms with Crippen LogP contribution in [-0.4, -0.2) is 54.7 Å². The number of piperidine rings is 1. The van der Waals surface area contributed by atoms with Crippen LogP contribution < -0.4 is 29.7 Å². The van der Waals surface area contributed by atoms with Crippen molar-refractivity contribution < 1.29 is 32.2 Å². The highest BCUT2D eigenvalue weighted by Gasteiger charge is 2.31. The minimum atomic E-state index is -4.84. The summed E-state index contributed by atoms with van der Waals surface area (Å²) in [4.78, 5) is 23.4. The number of rotatable bonds is 7. The van der Waals surface area contributed by atoms with Gasteiger partial charge in [0.2, 0.25) is 5.88 Å². The lowest BCUT2D eigenvalue weighted by Gasteiger charge is -2.30. The maximum Gasteiger partial charge on any atom is 0.573 e. The van der Waals surface area contributed by atoms with Gasteiger partial charge in [-0.05, 0) is 57.1 Å². The lowest BCUT2D eigenvalue weighted by atomic mass is 9.93. The fourth-order valence-electron chi connectivity index (χ4n) is 4.51. The summed E-state index contributed by atoms with van der Waals surface area (Å²) in [5.41, 5.74) is 0.0713. The topological polar surface area (TPSA) is 97.8 Å². The molecule has 2 heterocycles. The fraction of sp³-hybridized carbons (Fsp3) is 0.542. The molecule has 1 aromatic heterocycles. The number of benzene rings is 1. The molecule has 2 amide bonds. The van der Waals surface area contributed by atoms with Crippen molar-refractivity contribution in [1.29, 1.82) is 0 Å². The van der Waals surface area contributed by atoms with Crippen LogP contribution in [0.3, 0.4) is 0 Å². The first kappa shape index (κ1) is 25.6. The van der Waals surface area contributed by atoms with Gasteiger partial charge < -0.3 is 29.7 Å². The van der Waals surface area contributed by atoms with Crippen molar-refractivity contribution in [3.63, 3.8) is 0 Å². The number of methoxy groups -OCH3 is 1. The summed E-state index contributed by atoms with van der Waals surface area (Å²) in [5.74, 6) is 1.19. The van der Waals surface area contributed by atoms with E-state index >= 15 is 0 Å². The van der Waals surface area contributed by atoms with Crippen LogP contribution in [-0.2, 0) is 0 Å². The monoisotopic (exact) mass is 509 g/mol. The van der Waals surface area contributed by atoms with E-state index in [0.717, 1.165) is 56.7 Å². The zero-order valence-corrected chi connectivity index (χ0v) is 20.0. The molecule has 4 rings (SSSR count). The van der Waals surface area contributed by atoms with Gasteiger partial charge in [0, 0.05) is 31.3 Å². The predicted molar refractivity (Wildman–Crippen MR) is 127 cm³/mol. The van der Waals surface area contributed by atoms with E-state index in [2.05, 4.69) is 30.2 Å². The van der Waals surface area contributed by atoms with Crippen molar-refractivity contribution in [1.82, 2.24) is 15.3 Å². The van der Waals surface area contributed by atoms with Crippen LogP contribution in [0.4, 0.5) is 29.5 Å². The Labute approximate surface area is 207 Å². The van der Waals surface area contributed by atoms with E-state index in [1.54, 1.807) is 0 Å². The van der Waals surface area contributed by atoms with Gasteiger partial charge in [-0.15, -0.1) is 13.2 Å². The van der Waals surface area contributed by atoms with E-state index in [9.17, 15) is 18.0 Å². The van der Waals surface area contributed by atoms with Crippen LogP contribution >= 0.6 is 0 Å². The van der Waals surface area contributed by atoms with Gasteiger partial charge in [0.1, 0.15) is 29.7 Å². The summed E-state index contributed by atoms with van der Waals surface area (Å²) in [5, 5.41) is 5.41. The van der Waals surface area contributed by atoms with Gasteiger partial charge in [-0.2, -0.15) is 0 Å². The Balaban J connectivity index is 1.26. The van der Waals surface area contributed by atoms with Crippen LogP contribution in [0.5, 0.6) is 17.4 Å². The number of aromatic nitrogens is 2. The number of urea groups is 1. The minimum Gasteiger partial charge on any atom is -0.495 e. The van der Waals surface area contributed by atoms with E-state index in [0.29, 0.717) is 18.7 Å². The van der Waals surface area contributed by atoms with Crippen LogP contribution in [0.25, 0.3) is 0 Å². The molecule has 1 aromatic carbocycles. The summed E-state index contributed by atoms with van der Waals surface area (Å²) in [7, 11) is 1.36. The maximum atomic E-state index is 12.5. The molecular formula is C24H30F3N5O4. The van der Waals surface area contributed by atoms with Crippen molar-refractivity contribution in [3.05, 3.63) is 30.6 Å². The number of anilines is 2. The zero-order valence-electron chi connectivity index (χ0n) is 20.0. The molecule has 1 aliphatic carbocycles. The highest BCUT2D eigenvalue weighted by molar-refractivity contribution is 5.91. The van der Waals surface area contributed by atoms with E-state index < -0.39 is 18.1 Å². The summed E-state index contributed by atoms with van der Waals surface area (Å²) in [6.07, 6.45) is 3.06. The number of hydrogen-bond donors (Lipinski definition) is 2. The quantitative estimate of drug-likeness (QED) is 0.549. The number of nitrogens with zero attached hydrogens (tertiary/aromatic N) is 3. The molecule has 2 fully saturated rings. The molecule has 1 saturated heterocycles. The molecule has 196 valence electrons. The predicted octanol–water partition coefficient (Wildman–Crippen LogP) is 4.89. The first-order valence-corrected chi connectivity index (χ1v) is 12.0. The number of carbonyl (C=O) groups is 1. The Morgan fingerprint density at radius 2 is 1.81 bits per heavy atom. The second-order valence-electron chi connectivity index (χ2n) is 8.86. The van der Waals surface area contributed by atoms with Crippen LogP contribution in [0.2, 0.25) is 0 Å². The van der Waals surface area contributed by atoms with Crippen molar-refractivity contribution in [2.24, 2.45) is 0 Å². The van der Waals surface area contributed by atoms with Gasteiger partial charge in [0.05, 0.1) is 12.8 Å². The number of nitrogens with one attached hydrogen (secondary N) is 2. The number of carbonyl (C=O) groups excluding carboxylic acids is 1. The standard InChI is InChI=1S/C24H30F3N5O4/c1-34-20-10-9-18(36-24(25,26)27)13-19(20)31-23(33)30-16-5-7-17(8-6-16)35-22-14-21(28-15-29-22)32-11-3-2-4-12-32/h9-10,13-17H,2-8,11-12H2,1H3,(H2,30,31,33). The molecule has 0 bridgehead atoms. The highest BCUT2D eigenvalue weighted by Crippen LogP contribution is 2.32. The molecule has 12 heteroatoms. The summed E-state index contributed by atoms with van der Waals surface area (Å²) >= 11 is 0. The molecule has 0 unspecified atom stereocenters. The van der Waals surface area contributed by atoms with Crippen molar-refractivity contribution in [3.8, 4) is 17.4 Å². The first-order chi connectivity index (χ1) is 17.3. The second-order valence-corrected chi connectivity index (χ2v) is 8.86. The summed E-state index contributed by atoms with van der Waals surface area (Å²) in [6, 6.07) is 4.72. The zero-order chi connectivity index (χ0) is 25.5. The van der Waals surface area contributed by atoms with E-state index in [1.807, 2.05) is 6.07 Å². The van der Waals surface area contributed by atoms with Crippen molar-refractivity contribution in [2.75, 3.05) is 30.4 Å². The van der Waals surface area contributed by atoms with Crippen LogP contribution in [0.1, 0.15) is 44.9 Å². The largest absolute Gasteiger partial charge is 0.573 e. The number of ether oxygens (including phenoxy) is 3. The maximum absolute atomic E-state index is 12.5. The Bertz CT molecular complexity index is 1030. The van der Waals surface area contributed by atoms with Gasteiger partial charge in [-0.1, -0.05) is 0 Å². The molecule has 1 aliphatic heterocycles. The number of hydrogen-bond acceptors (Lipinski definition) is 7. The van der Waals surface area contributed by atoms with Gasteiger partial charge >= 0.3 is 12.4 Å². The molecular weight excluding hydrogens is 479 g/mol. The van der Waals surface area contributed by atoms with Crippen molar-refractivity contribution in [2.45, 2.75) is 63.5 Å². The van der Waals surface area contributed by atoms with E-state index in [1.165, 1.54) is 25.9 Å². The van der Waals surface area contributed by atoms with Gasteiger partial charge in [0.15, 0.2) is 0 Å². The fourth-order valence-corrected chi connectivity index (χ4v) is 4.51. The minimum absolute atomic E-state index is 0.0218. The second kappa shape index (κ2) is 11.5. The molecule has 1 saturated carbocycles. The first-order valence-electron chi connectivity index (χ1n) is 12.0. The van der Waals surface area contributed by atoms with Gasteiger partial charge in [0.25, 0.3) is 0 Å². The lowest BCUT2D eigenvalue weighted by Crippen LogP contribution is -2.41. The third-order valence-corrected chi connectivity index (χ3v) is 6.26. The smallest absolute Gasteiger partial charge is 0.495 e. The number of halogens is 3. The molecule has 0 spiro atoms. The number of amides is 2. The van der Waals surface area contributed by atoms with Crippen LogP contribution in [0, 0.1) is 0 Å². The normalized spacial score (nSPS) is 20.4. The summed E-state index contributed by atoms with van der Waals surface area (Å²) in [6.45, 7) is 1.97. The Morgan fingerprint density at radius 3 is 2.50 bits per heavy atom. The van der Waals surface area contributed by atoms with Gasteiger partial charge in [-0.3, -0.25) is 0 Å². The van der Waals surface area contributed by atoms with E-state index in [4.69, 9.17) is 9.47 Å². The molecule has 9 nitrogen and oxygen atoms in total.